The molecule has 6 heteroatoms. The topological polar surface area (TPSA) is 58.0 Å². The summed E-state index contributed by atoms with van der Waals surface area (Å²) in [5.74, 6) is 1.60. The van der Waals surface area contributed by atoms with Crippen molar-refractivity contribution in [3.8, 4) is 16.9 Å². The zero-order chi connectivity index (χ0) is 23.5. The van der Waals surface area contributed by atoms with E-state index in [0.29, 0.717) is 24.5 Å². The van der Waals surface area contributed by atoms with Crippen LogP contribution in [0, 0.1) is 6.92 Å². The highest BCUT2D eigenvalue weighted by molar-refractivity contribution is 5.91. The predicted molar refractivity (Wildman–Crippen MR) is 135 cm³/mol. The van der Waals surface area contributed by atoms with Crippen LogP contribution in [0.2, 0.25) is 0 Å². The van der Waals surface area contributed by atoms with Crippen molar-refractivity contribution in [2.75, 3.05) is 38.6 Å². The number of carbonyl (C=O) groups excluding carboxylic acids is 1. The number of methoxy groups -OCH3 is 1. The van der Waals surface area contributed by atoms with Crippen LogP contribution in [0.1, 0.15) is 11.3 Å². The van der Waals surface area contributed by atoms with E-state index in [1.54, 1.807) is 7.11 Å². The molecule has 34 heavy (non-hydrogen) atoms. The van der Waals surface area contributed by atoms with Gasteiger partial charge in [-0.25, -0.2) is 4.79 Å². The molecular weight excluding hydrogens is 426 g/mol. The highest BCUT2D eigenvalue weighted by Crippen LogP contribution is 2.28. The number of fused-ring (bicyclic) bond motifs is 1. The average Bonchev–Trinajstić information content (AvgIpc) is 3.26. The van der Waals surface area contributed by atoms with Gasteiger partial charge < -0.3 is 19.4 Å². The van der Waals surface area contributed by atoms with E-state index in [1.807, 2.05) is 35.2 Å². The molecule has 2 heterocycles. The predicted octanol–water partition coefficient (Wildman–Crippen LogP) is 5.77. The Morgan fingerprint density at radius 2 is 1.68 bits per heavy atom. The van der Waals surface area contributed by atoms with E-state index < -0.39 is 0 Å². The number of anilines is 1. The first-order valence-electron chi connectivity index (χ1n) is 11.6. The van der Waals surface area contributed by atoms with Gasteiger partial charge in [0.25, 0.3) is 0 Å². The molecule has 0 atom stereocenters. The Kier molecular flexibility index (Phi) is 6.23. The molecule has 2 amide bonds. The van der Waals surface area contributed by atoms with Crippen molar-refractivity contribution in [2.24, 2.45) is 0 Å². The van der Waals surface area contributed by atoms with Crippen molar-refractivity contribution in [3.05, 3.63) is 84.1 Å². The molecule has 4 aromatic rings. The van der Waals surface area contributed by atoms with Crippen molar-refractivity contribution in [2.45, 2.75) is 13.5 Å². The van der Waals surface area contributed by atoms with Gasteiger partial charge in [-0.1, -0.05) is 48.0 Å². The van der Waals surface area contributed by atoms with Crippen molar-refractivity contribution in [1.29, 1.82) is 0 Å². The lowest BCUT2D eigenvalue weighted by Crippen LogP contribution is -2.49. The van der Waals surface area contributed by atoms with Crippen LogP contribution in [0.25, 0.3) is 22.1 Å². The molecule has 6 nitrogen and oxygen atoms in total. The van der Waals surface area contributed by atoms with Crippen LogP contribution in [0.15, 0.2) is 77.2 Å². The van der Waals surface area contributed by atoms with E-state index in [-0.39, 0.29) is 6.03 Å². The Labute approximate surface area is 199 Å². The van der Waals surface area contributed by atoms with E-state index in [0.717, 1.165) is 36.4 Å². The van der Waals surface area contributed by atoms with Crippen LogP contribution in [0.3, 0.4) is 0 Å². The number of nitrogens with zero attached hydrogens (tertiary/aromatic N) is 2. The minimum absolute atomic E-state index is 0.100. The quantitative estimate of drug-likeness (QED) is 0.415. The number of hydrogen-bond donors (Lipinski definition) is 1. The molecule has 1 aliphatic rings. The van der Waals surface area contributed by atoms with Gasteiger partial charge in [-0.3, -0.25) is 4.90 Å². The highest BCUT2D eigenvalue weighted by Gasteiger charge is 2.22. The van der Waals surface area contributed by atoms with Crippen LogP contribution in [-0.2, 0) is 6.54 Å². The number of ether oxygens (including phenoxy) is 1. The summed E-state index contributed by atoms with van der Waals surface area (Å²) >= 11 is 0. The summed E-state index contributed by atoms with van der Waals surface area (Å²) in [4.78, 5) is 16.9. The number of piperazine rings is 1. The Balaban J connectivity index is 1.19. The number of nitrogens with one attached hydrogen (secondary N) is 1. The van der Waals surface area contributed by atoms with Gasteiger partial charge in [0.15, 0.2) is 0 Å². The monoisotopic (exact) mass is 455 g/mol. The van der Waals surface area contributed by atoms with E-state index in [9.17, 15) is 4.79 Å². The van der Waals surface area contributed by atoms with Crippen LogP contribution in [0.5, 0.6) is 5.75 Å². The summed E-state index contributed by atoms with van der Waals surface area (Å²) in [6, 6.07) is 24.4. The number of benzene rings is 3. The second kappa shape index (κ2) is 9.61. The average molecular weight is 456 g/mol. The van der Waals surface area contributed by atoms with E-state index in [1.165, 1.54) is 16.7 Å². The molecule has 1 aromatic heterocycles. The molecule has 1 fully saturated rings. The Morgan fingerprint density at radius 3 is 2.44 bits per heavy atom. The SMILES string of the molecule is COc1ccccc1NC(=O)N1CCN(Cc2cc3cc(-c4ccc(C)cc4)ccc3o2)CC1. The molecule has 0 saturated carbocycles. The van der Waals surface area contributed by atoms with Crippen molar-refractivity contribution < 1.29 is 13.9 Å². The van der Waals surface area contributed by atoms with Crippen molar-refractivity contribution in [3.63, 3.8) is 0 Å². The van der Waals surface area contributed by atoms with Gasteiger partial charge in [0, 0.05) is 31.6 Å². The molecular formula is C28H29N3O3. The molecule has 0 radical (unpaired) electrons. The van der Waals surface area contributed by atoms with E-state index in [4.69, 9.17) is 9.15 Å². The molecule has 3 aromatic carbocycles. The van der Waals surface area contributed by atoms with Crippen LogP contribution in [0.4, 0.5) is 10.5 Å². The second-order valence-corrected chi connectivity index (χ2v) is 8.72. The number of amides is 2. The summed E-state index contributed by atoms with van der Waals surface area (Å²) in [6.07, 6.45) is 0. The van der Waals surface area contributed by atoms with Gasteiger partial charge in [0.1, 0.15) is 17.1 Å². The fourth-order valence-corrected chi connectivity index (χ4v) is 4.37. The first-order valence-corrected chi connectivity index (χ1v) is 11.6. The highest BCUT2D eigenvalue weighted by atomic mass is 16.5. The number of rotatable bonds is 5. The van der Waals surface area contributed by atoms with Crippen LogP contribution < -0.4 is 10.1 Å². The van der Waals surface area contributed by atoms with Gasteiger partial charge in [-0.15, -0.1) is 0 Å². The number of aryl methyl sites for hydroxylation is 1. The zero-order valence-corrected chi connectivity index (χ0v) is 19.6. The largest absolute Gasteiger partial charge is 0.495 e. The minimum Gasteiger partial charge on any atom is -0.495 e. The third-order valence-corrected chi connectivity index (χ3v) is 6.34. The van der Waals surface area contributed by atoms with Crippen molar-refractivity contribution >= 4 is 22.7 Å². The van der Waals surface area contributed by atoms with Gasteiger partial charge in [0.05, 0.1) is 19.3 Å². The fraction of sp³-hybridized carbons (Fsp3) is 0.250. The minimum atomic E-state index is -0.100. The van der Waals surface area contributed by atoms with Gasteiger partial charge in [-0.05, 0) is 48.4 Å². The number of carbonyl (C=O) groups is 1. The lowest BCUT2D eigenvalue weighted by Gasteiger charge is -2.34. The van der Waals surface area contributed by atoms with Gasteiger partial charge >= 0.3 is 6.03 Å². The molecule has 5 rings (SSSR count). The van der Waals surface area contributed by atoms with Gasteiger partial charge in [-0.2, -0.15) is 0 Å². The number of urea groups is 1. The first kappa shape index (κ1) is 22.0. The van der Waals surface area contributed by atoms with Crippen LogP contribution in [-0.4, -0.2) is 49.1 Å². The maximum Gasteiger partial charge on any atom is 0.322 e. The van der Waals surface area contributed by atoms with Crippen LogP contribution >= 0.6 is 0 Å². The lowest BCUT2D eigenvalue weighted by molar-refractivity contribution is 0.137. The molecule has 1 aliphatic heterocycles. The second-order valence-electron chi connectivity index (χ2n) is 8.72. The molecule has 1 N–H and O–H groups in total. The maximum atomic E-state index is 12.7. The summed E-state index contributed by atoms with van der Waals surface area (Å²) in [5.41, 5.74) is 5.24. The lowest BCUT2D eigenvalue weighted by atomic mass is 10.0. The summed E-state index contributed by atoms with van der Waals surface area (Å²) in [5, 5.41) is 4.07. The molecule has 0 bridgehead atoms. The molecule has 0 spiro atoms. The Hall–Kier alpha value is -3.77. The number of furan rings is 1. The Morgan fingerprint density at radius 1 is 0.941 bits per heavy atom. The first-order chi connectivity index (χ1) is 16.6. The summed E-state index contributed by atoms with van der Waals surface area (Å²) in [7, 11) is 1.60. The van der Waals surface area contributed by atoms with Gasteiger partial charge in [0.2, 0.25) is 0 Å². The smallest absolute Gasteiger partial charge is 0.322 e. The molecule has 174 valence electrons. The number of para-hydroxylation sites is 2. The molecule has 1 saturated heterocycles. The summed E-state index contributed by atoms with van der Waals surface area (Å²) in [6.45, 7) is 5.76. The number of hydrogen-bond acceptors (Lipinski definition) is 4. The fourth-order valence-electron chi connectivity index (χ4n) is 4.37. The molecule has 0 aliphatic carbocycles. The summed E-state index contributed by atoms with van der Waals surface area (Å²) < 4.78 is 11.4. The third kappa shape index (κ3) is 4.77. The normalized spacial score (nSPS) is 14.4. The molecule has 0 unspecified atom stereocenters. The third-order valence-electron chi connectivity index (χ3n) is 6.34. The van der Waals surface area contributed by atoms with E-state index >= 15 is 0 Å². The maximum absolute atomic E-state index is 12.7. The van der Waals surface area contributed by atoms with Crippen molar-refractivity contribution in [1.82, 2.24) is 9.80 Å². The van der Waals surface area contributed by atoms with E-state index in [2.05, 4.69) is 59.6 Å². The Bertz CT molecular complexity index is 1290. The standard InChI is InChI=1S/C28H29N3O3/c1-20-7-9-21(10-8-20)22-11-12-26-23(17-22)18-24(34-26)19-30-13-15-31(16-14-30)28(32)29-25-5-3-4-6-27(25)33-2/h3-12,17-18H,13-16,19H2,1-2H3,(H,29,32). The zero-order valence-electron chi connectivity index (χ0n) is 19.6.